The van der Waals surface area contributed by atoms with E-state index in [1.165, 1.54) is 13.2 Å². The molecule has 1 N–H and O–H groups in total. The minimum atomic E-state index is -0.795. The van der Waals surface area contributed by atoms with Crippen LogP contribution < -0.4 is 19.5 Å². The fourth-order valence-corrected chi connectivity index (χ4v) is 2.47. The largest absolute Gasteiger partial charge is 0.497 e. The van der Waals surface area contributed by atoms with Crippen molar-refractivity contribution < 1.29 is 23.8 Å². The molecule has 1 amide bonds. The second kappa shape index (κ2) is 8.53. The van der Waals surface area contributed by atoms with Gasteiger partial charge in [-0.25, -0.2) is 0 Å². The molecule has 0 aliphatic heterocycles. The Morgan fingerprint density at radius 3 is 2.36 bits per heavy atom. The van der Waals surface area contributed by atoms with E-state index in [0.717, 1.165) is 0 Å². The van der Waals surface area contributed by atoms with Gasteiger partial charge in [-0.2, -0.15) is 0 Å². The van der Waals surface area contributed by atoms with Gasteiger partial charge in [-0.3, -0.25) is 9.59 Å². The molecule has 2 aromatic carbocycles. The van der Waals surface area contributed by atoms with Gasteiger partial charge in [0.15, 0.2) is 23.9 Å². The van der Waals surface area contributed by atoms with Gasteiger partial charge in [0.05, 0.1) is 14.2 Å². The van der Waals surface area contributed by atoms with Crippen LogP contribution >= 0.6 is 15.9 Å². The van der Waals surface area contributed by atoms with Crippen molar-refractivity contribution in [3.05, 3.63) is 46.4 Å². The topological polar surface area (TPSA) is 73.9 Å². The van der Waals surface area contributed by atoms with E-state index < -0.39 is 6.10 Å². The first-order valence-corrected chi connectivity index (χ1v) is 8.22. The van der Waals surface area contributed by atoms with Crippen LogP contribution in [0.2, 0.25) is 0 Å². The van der Waals surface area contributed by atoms with E-state index in [-0.39, 0.29) is 5.91 Å². The average Bonchev–Trinajstić information content (AvgIpc) is 2.63. The lowest BCUT2D eigenvalue weighted by Crippen LogP contribution is -2.30. The maximum Gasteiger partial charge on any atom is 0.265 e. The molecular formula is C18H18BrNO5. The summed E-state index contributed by atoms with van der Waals surface area (Å²) in [7, 11) is 3.06. The Morgan fingerprint density at radius 2 is 1.80 bits per heavy atom. The average molecular weight is 408 g/mol. The number of benzene rings is 2. The maximum atomic E-state index is 12.3. The van der Waals surface area contributed by atoms with Crippen molar-refractivity contribution in [2.45, 2.75) is 13.0 Å². The molecule has 0 aliphatic carbocycles. The second-order valence-electron chi connectivity index (χ2n) is 5.12. The molecule has 132 valence electrons. The molecule has 7 heteroatoms. The van der Waals surface area contributed by atoms with Crippen molar-refractivity contribution in [1.82, 2.24) is 0 Å². The highest BCUT2D eigenvalue weighted by Gasteiger charge is 2.18. The van der Waals surface area contributed by atoms with Crippen LogP contribution in [-0.2, 0) is 4.79 Å². The number of methoxy groups -OCH3 is 2. The summed E-state index contributed by atoms with van der Waals surface area (Å²) in [5.74, 6) is 1.10. The number of aldehydes is 1. The summed E-state index contributed by atoms with van der Waals surface area (Å²) in [5.41, 5.74) is 1.02. The zero-order valence-corrected chi connectivity index (χ0v) is 15.6. The summed E-state index contributed by atoms with van der Waals surface area (Å²) >= 11 is 3.28. The van der Waals surface area contributed by atoms with Crippen LogP contribution in [0.3, 0.4) is 0 Å². The molecule has 0 saturated heterocycles. The van der Waals surface area contributed by atoms with Gasteiger partial charge in [-0.1, -0.05) is 0 Å². The SMILES string of the molecule is COc1ccc(NC(=O)[C@H](C)Oc2cc(C=O)c(Br)cc2OC)cc1. The van der Waals surface area contributed by atoms with Crippen LogP contribution in [0.4, 0.5) is 5.69 Å². The fourth-order valence-electron chi connectivity index (χ4n) is 2.06. The molecule has 0 aliphatic rings. The molecule has 0 saturated carbocycles. The molecule has 0 unspecified atom stereocenters. The molecule has 0 radical (unpaired) electrons. The van der Waals surface area contributed by atoms with Gasteiger partial charge >= 0.3 is 0 Å². The van der Waals surface area contributed by atoms with E-state index in [9.17, 15) is 9.59 Å². The fraction of sp³-hybridized carbons (Fsp3) is 0.222. The highest BCUT2D eigenvalue weighted by Crippen LogP contribution is 2.33. The third kappa shape index (κ3) is 4.73. The second-order valence-corrected chi connectivity index (χ2v) is 5.97. The third-order valence-corrected chi connectivity index (χ3v) is 4.13. The quantitative estimate of drug-likeness (QED) is 0.708. The van der Waals surface area contributed by atoms with Crippen molar-refractivity contribution in [3.8, 4) is 17.2 Å². The van der Waals surface area contributed by atoms with Gasteiger partial charge in [0, 0.05) is 15.7 Å². The van der Waals surface area contributed by atoms with Gasteiger partial charge in [-0.15, -0.1) is 0 Å². The number of hydrogen-bond acceptors (Lipinski definition) is 5. The first kappa shape index (κ1) is 18.8. The van der Waals surface area contributed by atoms with Gasteiger partial charge in [0.1, 0.15) is 5.75 Å². The molecular weight excluding hydrogens is 390 g/mol. The van der Waals surface area contributed by atoms with Gasteiger partial charge in [0.2, 0.25) is 0 Å². The number of ether oxygens (including phenoxy) is 3. The van der Waals surface area contributed by atoms with Crippen molar-refractivity contribution in [2.75, 3.05) is 19.5 Å². The number of nitrogens with one attached hydrogen (secondary N) is 1. The van der Waals surface area contributed by atoms with Crippen molar-refractivity contribution >= 4 is 33.8 Å². The van der Waals surface area contributed by atoms with E-state index in [1.54, 1.807) is 44.4 Å². The zero-order valence-electron chi connectivity index (χ0n) is 14.0. The molecule has 0 spiro atoms. The first-order chi connectivity index (χ1) is 12.0. The lowest BCUT2D eigenvalue weighted by molar-refractivity contribution is -0.122. The number of carbonyl (C=O) groups excluding carboxylic acids is 2. The predicted molar refractivity (Wildman–Crippen MR) is 97.8 cm³/mol. The molecule has 6 nitrogen and oxygen atoms in total. The summed E-state index contributed by atoms with van der Waals surface area (Å²) in [6.45, 7) is 1.61. The van der Waals surface area contributed by atoms with E-state index >= 15 is 0 Å². The Hall–Kier alpha value is -2.54. The number of halogens is 1. The number of rotatable bonds is 7. The monoisotopic (exact) mass is 407 g/mol. The summed E-state index contributed by atoms with van der Waals surface area (Å²) in [4.78, 5) is 23.4. The number of carbonyl (C=O) groups is 2. The van der Waals surface area contributed by atoms with Crippen molar-refractivity contribution in [2.24, 2.45) is 0 Å². The van der Waals surface area contributed by atoms with E-state index in [4.69, 9.17) is 14.2 Å². The number of amides is 1. The normalized spacial score (nSPS) is 11.4. The van der Waals surface area contributed by atoms with Gasteiger partial charge in [0.25, 0.3) is 5.91 Å². The molecule has 1 atom stereocenters. The van der Waals surface area contributed by atoms with Crippen molar-refractivity contribution in [3.63, 3.8) is 0 Å². The van der Waals surface area contributed by atoms with Crippen molar-refractivity contribution in [1.29, 1.82) is 0 Å². The smallest absolute Gasteiger partial charge is 0.265 e. The Morgan fingerprint density at radius 1 is 1.12 bits per heavy atom. The molecule has 0 fully saturated rings. The standard InChI is InChI=1S/C18H18BrNO5/c1-11(18(22)20-13-4-6-14(23-2)7-5-13)25-17-8-12(10-21)15(19)9-16(17)24-3/h4-11H,1-3H3,(H,20,22)/t11-/m0/s1. The lowest BCUT2D eigenvalue weighted by atomic mass is 10.2. The molecule has 2 rings (SSSR count). The van der Waals surface area contributed by atoms with Crippen LogP contribution in [0, 0.1) is 0 Å². The predicted octanol–water partition coefficient (Wildman–Crippen LogP) is 3.68. The van der Waals surface area contributed by atoms with E-state index in [1.807, 2.05) is 0 Å². The summed E-state index contributed by atoms with van der Waals surface area (Å²) in [6.07, 6.45) is -0.102. The van der Waals surface area contributed by atoms with Crippen LogP contribution in [0.25, 0.3) is 0 Å². The lowest BCUT2D eigenvalue weighted by Gasteiger charge is -2.17. The van der Waals surface area contributed by atoms with Crippen LogP contribution in [0.1, 0.15) is 17.3 Å². The molecule has 25 heavy (non-hydrogen) atoms. The Kier molecular flexibility index (Phi) is 6.41. The number of anilines is 1. The molecule has 0 aromatic heterocycles. The van der Waals surface area contributed by atoms with Gasteiger partial charge < -0.3 is 19.5 Å². The van der Waals surface area contributed by atoms with E-state index in [2.05, 4.69) is 21.2 Å². The Labute approximate surface area is 154 Å². The highest BCUT2D eigenvalue weighted by molar-refractivity contribution is 9.10. The molecule has 0 bridgehead atoms. The van der Waals surface area contributed by atoms with Crippen LogP contribution in [0.15, 0.2) is 40.9 Å². The van der Waals surface area contributed by atoms with Gasteiger partial charge in [-0.05, 0) is 59.3 Å². The molecule has 2 aromatic rings. The minimum Gasteiger partial charge on any atom is -0.497 e. The summed E-state index contributed by atoms with van der Waals surface area (Å²) in [5, 5.41) is 2.75. The first-order valence-electron chi connectivity index (χ1n) is 7.42. The summed E-state index contributed by atoms with van der Waals surface area (Å²) in [6, 6.07) is 10.1. The highest BCUT2D eigenvalue weighted by atomic mass is 79.9. The van der Waals surface area contributed by atoms with E-state index in [0.29, 0.717) is 39.3 Å². The Balaban J connectivity index is 2.11. The minimum absolute atomic E-state index is 0.310. The van der Waals surface area contributed by atoms with Crippen LogP contribution in [0.5, 0.6) is 17.2 Å². The molecule has 0 heterocycles. The summed E-state index contributed by atoms with van der Waals surface area (Å²) < 4.78 is 16.6. The zero-order chi connectivity index (χ0) is 18.4. The Bertz CT molecular complexity index is 761. The van der Waals surface area contributed by atoms with Crippen LogP contribution in [-0.4, -0.2) is 32.5 Å². The maximum absolute atomic E-state index is 12.3. The third-order valence-electron chi connectivity index (χ3n) is 3.44. The number of hydrogen-bond donors (Lipinski definition) is 1.